The van der Waals surface area contributed by atoms with E-state index in [1.54, 1.807) is 6.33 Å². The predicted octanol–water partition coefficient (Wildman–Crippen LogP) is 4.85. The Labute approximate surface area is 158 Å². The third-order valence-corrected chi connectivity index (χ3v) is 4.42. The molecule has 1 heterocycles. The van der Waals surface area contributed by atoms with E-state index in [-0.39, 0.29) is 0 Å². The van der Waals surface area contributed by atoms with Crippen LogP contribution in [0.1, 0.15) is 11.1 Å². The van der Waals surface area contributed by atoms with E-state index in [2.05, 4.69) is 34.4 Å². The first-order chi connectivity index (χ1) is 13.4. The highest BCUT2D eigenvalue weighted by Gasteiger charge is 2.06. The molecule has 1 aromatic heterocycles. The van der Waals surface area contributed by atoms with Crippen LogP contribution in [0, 0.1) is 0 Å². The molecule has 0 bridgehead atoms. The minimum Gasteiger partial charge on any atom is -0.374 e. The summed E-state index contributed by atoms with van der Waals surface area (Å²) in [5.41, 5.74) is 5.45. The summed E-state index contributed by atoms with van der Waals surface area (Å²) >= 11 is 0. The van der Waals surface area contributed by atoms with Crippen LogP contribution in [-0.4, -0.2) is 15.3 Å². The fourth-order valence-electron chi connectivity index (χ4n) is 3.09. The molecular weight excluding hydrogens is 334 g/mol. The molecule has 0 aliphatic rings. The van der Waals surface area contributed by atoms with Gasteiger partial charge in [0.15, 0.2) is 6.73 Å². The molecule has 0 spiro atoms. The van der Waals surface area contributed by atoms with E-state index < -0.39 is 0 Å². The number of hydrogen-bond donors (Lipinski definition) is 0. The average molecular weight is 355 g/mol. The first-order valence-electron chi connectivity index (χ1n) is 9.04. The molecule has 0 aliphatic heterocycles. The lowest BCUT2D eigenvalue weighted by Crippen LogP contribution is -2.09. The van der Waals surface area contributed by atoms with Crippen molar-refractivity contribution in [3.8, 4) is 0 Å². The number of fused-ring (bicyclic) bond motifs is 1. The predicted molar refractivity (Wildman–Crippen MR) is 109 cm³/mol. The van der Waals surface area contributed by atoms with Crippen molar-refractivity contribution in [2.75, 3.05) is 0 Å². The summed E-state index contributed by atoms with van der Waals surface area (Å²) in [6, 6.07) is 28.7. The molecule has 3 aromatic carbocycles. The van der Waals surface area contributed by atoms with Gasteiger partial charge in [0, 0.05) is 12.8 Å². The van der Waals surface area contributed by atoms with Crippen molar-refractivity contribution in [1.29, 1.82) is 0 Å². The lowest BCUT2D eigenvalue weighted by atomic mass is 10.0. The van der Waals surface area contributed by atoms with Gasteiger partial charge in [0.1, 0.15) is 0 Å². The summed E-state index contributed by atoms with van der Waals surface area (Å²) in [7, 11) is 0. The maximum Gasteiger partial charge on any atom is 0.194 e. The fourth-order valence-corrected chi connectivity index (χ4v) is 3.09. The number of oxime groups is 1. The van der Waals surface area contributed by atoms with E-state index in [1.807, 2.05) is 65.2 Å². The molecule has 0 atom stereocenters. The first-order valence-corrected chi connectivity index (χ1v) is 9.04. The van der Waals surface area contributed by atoms with E-state index in [0.29, 0.717) is 6.73 Å². The maximum absolute atomic E-state index is 5.70. The fraction of sp³-hybridized carbons (Fsp3) is 0.130. The summed E-state index contributed by atoms with van der Waals surface area (Å²) < 4.78 is 1.96. The molecule has 134 valence electrons. The van der Waals surface area contributed by atoms with Crippen LogP contribution >= 0.6 is 0 Å². The van der Waals surface area contributed by atoms with Gasteiger partial charge >= 0.3 is 0 Å². The molecule has 27 heavy (non-hydrogen) atoms. The summed E-state index contributed by atoms with van der Waals surface area (Å²) in [4.78, 5) is 10.1. The van der Waals surface area contributed by atoms with Gasteiger partial charge in [0.05, 0.1) is 23.1 Å². The zero-order valence-electron chi connectivity index (χ0n) is 15.0. The number of benzene rings is 3. The molecule has 0 radical (unpaired) electrons. The average Bonchev–Trinajstić information content (AvgIpc) is 3.13. The van der Waals surface area contributed by atoms with Crippen molar-refractivity contribution >= 4 is 16.7 Å². The number of aromatic nitrogens is 2. The summed E-state index contributed by atoms with van der Waals surface area (Å²) in [6.07, 6.45) is 3.31. The van der Waals surface area contributed by atoms with E-state index in [1.165, 1.54) is 11.1 Å². The Morgan fingerprint density at radius 1 is 0.778 bits per heavy atom. The molecule has 4 aromatic rings. The van der Waals surface area contributed by atoms with Gasteiger partial charge in [-0.05, 0) is 23.3 Å². The molecule has 0 N–H and O–H groups in total. The van der Waals surface area contributed by atoms with Gasteiger partial charge in [0.2, 0.25) is 0 Å². The third kappa shape index (κ3) is 4.42. The Morgan fingerprint density at radius 2 is 1.37 bits per heavy atom. The van der Waals surface area contributed by atoms with Crippen LogP contribution in [0.2, 0.25) is 0 Å². The molecule has 0 fully saturated rings. The van der Waals surface area contributed by atoms with Crippen molar-refractivity contribution < 1.29 is 4.84 Å². The molecule has 4 heteroatoms. The lowest BCUT2D eigenvalue weighted by Gasteiger charge is -2.08. The minimum atomic E-state index is 0.341. The van der Waals surface area contributed by atoms with Gasteiger partial charge in [-0.3, -0.25) is 4.57 Å². The van der Waals surface area contributed by atoms with Gasteiger partial charge < -0.3 is 4.84 Å². The third-order valence-electron chi connectivity index (χ3n) is 4.42. The van der Waals surface area contributed by atoms with Gasteiger partial charge in [-0.1, -0.05) is 78.0 Å². The molecule has 4 rings (SSSR count). The van der Waals surface area contributed by atoms with Crippen molar-refractivity contribution in [2.45, 2.75) is 19.6 Å². The van der Waals surface area contributed by atoms with Crippen LogP contribution in [0.25, 0.3) is 11.0 Å². The molecule has 0 unspecified atom stereocenters. The number of imidazole rings is 1. The quantitative estimate of drug-likeness (QED) is 0.351. The highest BCUT2D eigenvalue weighted by Crippen LogP contribution is 2.12. The standard InChI is InChI=1S/C23H21N3O/c1-3-9-19(10-4-1)15-21(16-20-11-5-2-6-12-20)25-27-18-26-17-24-22-13-7-8-14-23(22)26/h1-14,17H,15-16,18H2. The number of rotatable bonds is 7. The smallest absolute Gasteiger partial charge is 0.194 e. The molecule has 4 nitrogen and oxygen atoms in total. The Morgan fingerprint density at radius 3 is 2.04 bits per heavy atom. The molecule has 0 saturated heterocycles. The SMILES string of the molecule is c1ccc(CC(Cc2ccccc2)=NOCn2cnc3ccccc32)cc1. The van der Waals surface area contributed by atoms with Gasteiger partial charge in [0.25, 0.3) is 0 Å². The van der Waals surface area contributed by atoms with Crippen LogP contribution in [0.3, 0.4) is 0 Å². The molecular formula is C23H21N3O. The molecule has 0 saturated carbocycles. The zero-order chi connectivity index (χ0) is 18.3. The van der Waals surface area contributed by atoms with Crippen molar-refractivity contribution in [3.63, 3.8) is 0 Å². The number of hydrogen-bond acceptors (Lipinski definition) is 3. The minimum absolute atomic E-state index is 0.341. The Hall–Kier alpha value is -3.40. The second kappa shape index (κ2) is 8.32. The highest BCUT2D eigenvalue weighted by molar-refractivity contribution is 5.88. The Balaban J connectivity index is 1.50. The Kier molecular flexibility index (Phi) is 5.25. The van der Waals surface area contributed by atoms with Crippen LogP contribution in [0.5, 0.6) is 0 Å². The first kappa shape index (κ1) is 17.0. The normalized spacial score (nSPS) is 10.7. The maximum atomic E-state index is 5.70. The zero-order valence-corrected chi connectivity index (χ0v) is 15.0. The van der Waals surface area contributed by atoms with Gasteiger partial charge in [-0.15, -0.1) is 0 Å². The topological polar surface area (TPSA) is 39.4 Å². The summed E-state index contributed by atoms with van der Waals surface area (Å²) in [6.45, 7) is 0.341. The second-order valence-electron chi connectivity index (χ2n) is 6.44. The molecule has 0 aliphatic carbocycles. The van der Waals surface area contributed by atoms with E-state index in [9.17, 15) is 0 Å². The Bertz CT molecular complexity index is 980. The van der Waals surface area contributed by atoms with Crippen LogP contribution in [0.4, 0.5) is 0 Å². The monoisotopic (exact) mass is 355 g/mol. The van der Waals surface area contributed by atoms with Gasteiger partial charge in [-0.2, -0.15) is 0 Å². The van der Waals surface area contributed by atoms with Crippen molar-refractivity contribution in [3.05, 3.63) is 102 Å². The van der Waals surface area contributed by atoms with E-state index >= 15 is 0 Å². The van der Waals surface area contributed by atoms with Crippen LogP contribution in [-0.2, 0) is 24.4 Å². The van der Waals surface area contributed by atoms with Crippen LogP contribution < -0.4 is 0 Å². The van der Waals surface area contributed by atoms with Crippen LogP contribution in [0.15, 0.2) is 96.4 Å². The largest absolute Gasteiger partial charge is 0.374 e. The molecule has 0 amide bonds. The number of para-hydroxylation sites is 2. The van der Waals surface area contributed by atoms with Gasteiger partial charge in [-0.25, -0.2) is 4.98 Å². The summed E-state index contributed by atoms with van der Waals surface area (Å²) in [5, 5.41) is 4.46. The number of nitrogens with zero attached hydrogens (tertiary/aromatic N) is 3. The second-order valence-corrected chi connectivity index (χ2v) is 6.44. The van der Waals surface area contributed by atoms with E-state index in [4.69, 9.17) is 4.84 Å². The van der Waals surface area contributed by atoms with Crippen molar-refractivity contribution in [2.24, 2.45) is 5.16 Å². The van der Waals surface area contributed by atoms with E-state index in [0.717, 1.165) is 29.6 Å². The highest BCUT2D eigenvalue weighted by atomic mass is 16.6. The lowest BCUT2D eigenvalue weighted by molar-refractivity contribution is 0.0858. The van der Waals surface area contributed by atoms with Crippen molar-refractivity contribution in [1.82, 2.24) is 9.55 Å². The summed E-state index contributed by atoms with van der Waals surface area (Å²) in [5.74, 6) is 0.